The number of nitrogens with zero attached hydrogens (tertiary/aromatic N) is 2. The maximum absolute atomic E-state index is 13.1. The fourth-order valence-electron chi connectivity index (χ4n) is 3.70. The van der Waals surface area contributed by atoms with Crippen LogP contribution in [0.25, 0.3) is 0 Å². The number of amides is 1. The van der Waals surface area contributed by atoms with Crippen LogP contribution in [0.1, 0.15) is 17.9 Å². The van der Waals surface area contributed by atoms with Crippen molar-refractivity contribution in [2.75, 3.05) is 40.5 Å². The van der Waals surface area contributed by atoms with Gasteiger partial charge in [-0.25, -0.2) is 0 Å². The minimum atomic E-state index is -2.61. The smallest absolute Gasteiger partial charge is 0.316 e. The first-order valence-corrected chi connectivity index (χ1v) is 10.2. The number of hydrogen-bond donors (Lipinski definition) is 2. The third-order valence-corrected chi connectivity index (χ3v) is 5.78. The lowest BCUT2D eigenvalue weighted by atomic mass is 10.0. The minimum Gasteiger partial charge on any atom is -0.494 e. The normalized spacial score (nSPS) is 24.1. The Morgan fingerprint density at radius 2 is 2.11 bits per heavy atom. The maximum atomic E-state index is 13.1. The standard InChI is InChI=1S/C17H22N4O5S2/c1-18-16(27)19-15(22)17(21-5-7-26-8-6-21)10-12(17)11-3-4-14(25-2)13(9-11)20-28(23)24/h3-4,9,12H,5-8,10H2,1-2H3,(H2,18,19,22,27). The molecule has 0 aromatic heterocycles. The van der Waals surface area contributed by atoms with E-state index in [2.05, 4.69) is 19.9 Å². The van der Waals surface area contributed by atoms with Crippen molar-refractivity contribution < 1.29 is 22.7 Å². The van der Waals surface area contributed by atoms with Crippen molar-refractivity contribution in [3.63, 3.8) is 0 Å². The van der Waals surface area contributed by atoms with Gasteiger partial charge in [0.1, 0.15) is 17.0 Å². The van der Waals surface area contributed by atoms with Crippen LogP contribution in [0.5, 0.6) is 5.75 Å². The Labute approximate surface area is 170 Å². The second kappa shape index (κ2) is 8.52. The van der Waals surface area contributed by atoms with Crippen molar-refractivity contribution in [3.05, 3.63) is 23.8 Å². The summed E-state index contributed by atoms with van der Waals surface area (Å²) in [6, 6.07) is 5.16. The highest BCUT2D eigenvalue weighted by Gasteiger charge is 2.64. The fraction of sp³-hybridized carbons (Fsp3) is 0.529. The van der Waals surface area contributed by atoms with E-state index in [-0.39, 0.29) is 22.6 Å². The van der Waals surface area contributed by atoms with Crippen LogP contribution in [0, 0.1) is 0 Å². The van der Waals surface area contributed by atoms with Crippen LogP contribution in [0.2, 0.25) is 0 Å². The van der Waals surface area contributed by atoms with E-state index in [1.54, 1.807) is 19.2 Å². The van der Waals surface area contributed by atoms with Crippen molar-refractivity contribution in [2.45, 2.75) is 17.9 Å². The van der Waals surface area contributed by atoms with Gasteiger partial charge < -0.3 is 20.1 Å². The van der Waals surface area contributed by atoms with Gasteiger partial charge in [0.15, 0.2) is 5.11 Å². The molecular formula is C17H22N4O5S2. The van der Waals surface area contributed by atoms with E-state index in [0.29, 0.717) is 38.5 Å². The first-order chi connectivity index (χ1) is 13.4. The molecule has 1 saturated heterocycles. The quantitative estimate of drug-likeness (QED) is 0.658. The van der Waals surface area contributed by atoms with E-state index in [0.717, 1.165) is 5.56 Å². The van der Waals surface area contributed by atoms with Crippen molar-refractivity contribution >= 4 is 39.4 Å². The van der Waals surface area contributed by atoms with E-state index in [9.17, 15) is 13.2 Å². The molecule has 2 N–H and O–H groups in total. The van der Waals surface area contributed by atoms with Gasteiger partial charge >= 0.3 is 10.5 Å². The Kier molecular flexibility index (Phi) is 6.28. The van der Waals surface area contributed by atoms with Gasteiger partial charge in [-0.1, -0.05) is 6.07 Å². The summed E-state index contributed by atoms with van der Waals surface area (Å²) in [5.74, 6) is 0.0528. The van der Waals surface area contributed by atoms with Gasteiger partial charge in [-0.2, -0.15) is 8.42 Å². The lowest BCUT2D eigenvalue weighted by molar-refractivity contribution is -0.128. The summed E-state index contributed by atoms with van der Waals surface area (Å²) >= 11 is 5.10. The summed E-state index contributed by atoms with van der Waals surface area (Å²) in [4.78, 5) is 15.2. The summed E-state index contributed by atoms with van der Waals surface area (Å²) in [7, 11) is 0.488. The van der Waals surface area contributed by atoms with Crippen molar-refractivity contribution in [3.8, 4) is 5.75 Å². The van der Waals surface area contributed by atoms with Crippen molar-refractivity contribution in [1.82, 2.24) is 15.5 Å². The van der Waals surface area contributed by atoms with Gasteiger partial charge in [-0.15, -0.1) is 4.36 Å². The van der Waals surface area contributed by atoms with Gasteiger partial charge in [-0.3, -0.25) is 9.69 Å². The van der Waals surface area contributed by atoms with E-state index in [1.165, 1.54) is 7.11 Å². The molecule has 2 unspecified atom stereocenters. The number of hydrogen-bond acceptors (Lipinski definition) is 8. The molecule has 0 spiro atoms. The van der Waals surface area contributed by atoms with E-state index >= 15 is 0 Å². The van der Waals surface area contributed by atoms with Gasteiger partial charge in [0.25, 0.3) is 0 Å². The average molecular weight is 427 g/mol. The van der Waals surface area contributed by atoms with Crippen molar-refractivity contribution in [1.29, 1.82) is 0 Å². The number of methoxy groups -OCH3 is 1. The zero-order valence-electron chi connectivity index (χ0n) is 15.6. The molecule has 152 valence electrons. The lowest BCUT2D eigenvalue weighted by Gasteiger charge is -2.35. The highest BCUT2D eigenvalue weighted by Crippen LogP contribution is 2.56. The molecule has 1 saturated carbocycles. The molecule has 1 aliphatic carbocycles. The summed E-state index contributed by atoms with van der Waals surface area (Å²) in [6.45, 7) is 2.37. The second-order valence-corrected chi connectivity index (χ2v) is 7.58. The molecule has 11 heteroatoms. The van der Waals surface area contributed by atoms with E-state index in [1.807, 2.05) is 6.07 Å². The predicted octanol–water partition coefficient (Wildman–Crippen LogP) is 0.568. The van der Waals surface area contributed by atoms with Gasteiger partial charge in [0.05, 0.1) is 20.3 Å². The monoisotopic (exact) mass is 426 g/mol. The van der Waals surface area contributed by atoms with Crippen LogP contribution < -0.4 is 15.4 Å². The van der Waals surface area contributed by atoms with Gasteiger partial charge in [-0.05, 0) is 36.3 Å². The molecule has 2 fully saturated rings. The Morgan fingerprint density at radius 1 is 1.39 bits per heavy atom. The number of rotatable bonds is 5. The predicted molar refractivity (Wildman–Crippen MR) is 106 cm³/mol. The summed E-state index contributed by atoms with van der Waals surface area (Å²) < 4.78 is 36.3. The number of morpholine rings is 1. The molecule has 0 bridgehead atoms. The highest BCUT2D eigenvalue weighted by molar-refractivity contribution is 7.80. The SMILES string of the molecule is CNC(=S)NC(=O)C1(N2CCOCC2)CC1c1ccc(OC)c(N=S(=O)=O)c1. The topological polar surface area (TPSA) is 109 Å². The maximum Gasteiger partial charge on any atom is 0.316 e. The molecule has 1 aromatic rings. The number of nitrogens with one attached hydrogen (secondary N) is 2. The summed E-state index contributed by atoms with van der Waals surface area (Å²) in [6.07, 6.45) is 0.595. The largest absolute Gasteiger partial charge is 0.494 e. The second-order valence-electron chi connectivity index (χ2n) is 6.55. The van der Waals surface area contributed by atoms with Crippen LogP contribution in [0.15, 0.2) is 22.6 Å². The Morgan fingerprint density at radius 3 is 2.71 bits per heavy atom. The Hall–Kier alpha value is -2.08. The number of benzene rings is 1. The van der Waals surface area contributed by atoms with Gasteiger partial charge in [0, 0.05) is 26.1 Å². The molecule has 3 rings (SSSR count). The van der Waals surface area contributed by atoms with Crippen LogP contribution in [-0.4, -0.2) is 70.3 Å². The molecule has 1 aliphatic heterocycles. The van der Waals surface area contributed by atoms with Gasteiger partial charge in [0.2, 0.25) is 5.91 Å². The van der Waals surface area contributed by atoms with Crippen LogP contribution >= 0.6 is 12.2 Å². The number of carbonyl (C=O) groups is 1. The minimum absolute atomic E-state index is 0.120. The average Bonchev–Trinajstić information content (AvgIpc) is 3.45. The summed E-state index contributed by atoms with van der Waals surface area (Å²) in [5, 5.41) is 5.77. The van der Waals surface area contributed by atoms with Crippen LogP contribution in [0.3, 0.4) is 0 Å². The molecule has 1 aromatic carbocycles. The third-order valence-electron chi connectivity index (χ3n) is 5.13. The van der Waals surface area contributed by atoms with Crippen molar-refractivity contribution in [2.24, 2.45) is 4.36 Å². The molecule has 2 atom stereocenters. The summed E-state index contributed by atoms with van der Waals surface area (Å²) in [5.41, 5.74) is 0.275. The van der Waals surface area contributed by atoms with E-state index < -0.39 is 16.0 Å². The van der Waals surface area contributed by atoms with Crippen LogP contribution in [0.4, 0.5) is 5.69 Å². The van der Waals surface area contributed by atoms with Crippen LogP contribution in [-0.2, 0) is 20.0 Å². The Balaban J connectivity index is 1.95. The molecule has 0 radical (unpaired) electrons. The zero-order chi connectivity index (χ0) is 20.3. The zero-order valence-corrected chi connectivity index (χ0v) is 17.2. The number of carbonyl (C=O) groups excluding carboxylic acids is 1. The Bertz CT molecular complexity index is 906. The number of ether oxygens (including phenoxy) is 2. The molecule has 28 heavy (non-hydrogen) atoms. The fourth-order valence-corrected chi connectivity index (χ4v) is 4.10. The molecular weight excluding hydrogens is 404 g/mol. The molecule has 2 aliphatic rings. The lowest BCUT2D eigenvalue weighted by Crippen LogP contribution is -2.56. The third kappa shape index (κ3) is 4.02. The van der Waals surface area contributed by atoms with E-state index in [4.69, 9.17) is 21.7 Å². The number of thiocarbonyl (C=S) groups is 1. The first kappa shape index (κ1) is 20.6. The first-order valence-electron chi connectivity index (χ1n) is 8.77. The molecule has 1 heterocycles. The highest BCUT2D eigenvalue weighted by atomic mass is 32.2. The molecule has 9 nitrogen and oxygen atoms in total. The molecule has 1 amide bonds.